The Morgan fingerprint density at radius 3 is 0.706 bits per heavy atom. The molecule has 0 amide bonds. The molecule has 31 heteroatoms. The van der Waals surface area contributed by atoms with Crippen LogP contribution in [0, 0.1) is 22.7 Å². The van der Waals surface area contributed by atoms with Crippen molar-refractivity contribution >= 4 is 43.6 Å². The quantitative estimate of drug-likeness (QED) is 0.149. The highest BCUT2D eigenvalue weighted by atomic mass is 19.4. The maximum absolute atomic E-state index is 15.1. The van der Waals surface area contributed by atoms with Gasteiger partial charge in [0.05, 0.1) is 95.1 Å². The van der Waals surface area contributed by atoms with E-state index in [2.05, 4.69) is 0 Å². The molecule has 0 N–H and O–H groups in total. The summed E-state index contributed by atoms with van der Waals surface area (Å²) in [6.45, 7) is 0. The second kappa shape index (κ2) is 23.8. The fraction of sp³-hybridized carbons (Fsp3) is 0.127. The lowest BCUT2D eigenvalue weighted by molar-refractivity contribution is -0.144. The SMILES string of the molecule is N#Cc1cc(-c2cc(-n3c4cc(-c5ccc(C(F)(F)F)cc5C(F)(F)F)ccc4c4ccc(-c5ccc(C(F)(F)F)cc5C(F)(F)F)cc43)c(C#N)c(-n3c4cc(-c5ccc(C(F)(F)F)cc5C(F)(F)F)ccc4c4ccc(-c5ccc(C(F)(F)F)cc5C(F)(F)F)cc43)c2)cc(C(F)(F)F)c1. The van der Waals surface area contributed by atoms with E-state index in [-0.39, 0.29) is 70.1 Å². The van der Waals surface area contributed by atoms with Crippen LogP contribution >= 0.6 is 0 Å². The Morgan fingerprint density at radius 2 is 0.480 bits per heavy atom. The summed E-state index contributed by atoms with van der Waals surface area (Å²) in [4.78, 5) is 0. The molecule has 0 bridgehead atoms. The molecule has 2 heterocycles. The molecule has 0 radical (unpaired) electrons. The van der Waals surface area contributed by atoms with E-state index in [9.17, 15) is 76.4 Å². The Labute approximate surface area is 552 Å². The van der Waals surface area contributed by atoms with Crippen molar-refractivity contribution in [2.24, 2.45) is 0 Å². The van der Waals surface area contributed by atoms with Gasteiger partial charge in [-0.15, -0.1) is 0 Å². The number of hydrogen-bond donors (Lipinski definition) is 0. The Hall–Kier alpha value is -11.1. The summed E-state index contributed by atoms with van der Waals surface area (Å²) in [5.74, 6) is 0. The largest absolute Gasteiger partial charge is 0.417 e. The zero-order valence-electron chi connectivity index (χ0n) is 49.7. The molecule has 0 fully saturated rings. The molecule has 522 valence electrons. The summed E-state index contributed by atoms with van der Waals surface area (Å²) in [6, 6.07) is 19.2. The highest BCUT2D eigenvalue weighted by molar-refractivity contribution is 6.13. The van der Waals surface area contributed by atoms with Crippen molar-refractivity contribution in [1.82, 2.24) is 9.13 Å². The molecule has 12 rings (SSSR count). The number of aromatic nitrogens is 2. The summed E-state index contributed by atoms with van der Waals surface area (Å²) in [7, 11) is 0. The van der Waals surface area contributed by atoms with Crippen LogP contribution in [0.1, 0.15) is 61.2 Å². The van der Waals surface area contributed by atoms with Crippen molar-refractivity contribution in [2.45, 2.75) is 55.6 Å². The maximum atomic E-state index is 15.1. The number of halogens is 27. The van der Waals surface area contributed by atoms with Crippen molar-refractivity contribution < 1.29 is 119 Å². The minimum absolute atomic E-state index is 0.217. The molecule has 0 aliphatic heterocycles. The molecular weight excluding hydrogens is 1420 g/mol. The van der Waals surface area contributed by atoms with E-state index in [0.29, 0.717) is 36.4 Å². The number of benzene rings is 10. The first-order chi connectivity index (χ1) is 47.1. The lowest BCUT2D eigenvalue weighted by atomic mass is 9.95. The summed E-state index contributed by atoms with van der Waals surface area (Å²) >= 11 is 0. The third-order valence-electron chi connectivity index (χ3n) is 16.8. The van der Waals surface area contributed by atoms with Gasteiger partial charge in [0.2, 0.25) is 0 Å². The van der Waals surface area contributed by atoms with E-state index in [4.69, 9.17) is 0 Å². The average Bonchev–Trinajstić information content (AvgIpc) is 1.55. The fourth-order valence-electron chi connectivity index (χ4n) is 12.3. The van der Waals surface area contributed by atoms with E-state index in [0.717, 1.165) is 100 Å². The van der Waals surface area contributed by atoms with E-state index in [1.807, 2.05) is 6.07 Å². The van der Waals surface area contributed by atoms with Crippen LogP contribution in [0.5, 0.6) is 0 Å². The predicted molar refractivity (Wildman–Crippen MR) is 317 cm³/mol. The Kier molecular flexibility index (Phi) is 16.5. The third kappa shape index (κ3) is 12.9. The van der Waals surface area contributed by atoms with Crippen molar-refractivity contribution in [1.29, 1.82) is 10.5 Å². The van der Waals surface area contributed by atoms with Crippen LogP contribution in [-0.2, 0) is 55.6 Å². The molecular formula is C71H29F27N4. The predicted octanol–water partition coefficient (Wildman–Crippen LogP) is 25.1. The molecule has 2 aromatic heterocycles. The van der Waals surface area contributed by atoms with Crippen molar-refractivity contribution in [3.8, 4) is 79.1 Å². The number of alkyl halides is 27. The van der Waals surface area contributed by atoms with Gasteiger partial charge in [-0.1, -0.05) is 72.8 Å². The van der Waals surface area contributed by atoms with Crippen LogP contribution in [0.3, 0.4) is 0 Å². The molecule has 10 aromatic carbocycles. The molecule has 12 aromatic rings. The monoisotopic (exact) mass is 1450 g/mol. The normalized spacial score (nSPS) is 13.2. The first-order valence-electron chi connectivity index (χ1n) is 28.7. The minimum atomic E-state index is -5.63. The van der Waals surface area contributed by atoms with E-state index in [1.54, 1.807) is 0 Å². The zero-order chi connectivity index (χ0) is 74.5. The lowest BCUT2D eigenvalue weighted by Gasteiger charge is -2.20. The van der Waals surface area contributed by atoms with Crippen molar-refractivity contribution in [3.63, 3.8) is 0 Å². The van der Waals surface area contributed by atoms with Crippen molar-refractivity contribution in [3.05, 3.63) is 237 Å². The Balaban J connectivity index is 1.29. The maximum Gasteiger partial charge on any atom is 0.417 e. The van der Waals surface area contributed by atoms with Crippen LogP contribution < -0.4 is 0 Å². The number of hydrogen-bond acceptors (Lipinski definition) is 2. The van der Waals surface area contributed by atoms with Crippen LogP contribution in [0.2, 0.25) is 0 Å². The first-order valence-corrected chi connectivity index (χ1v) is 28.7. The Bertz CT molecular complexity index is 4970. The van der Waals surface area contributed by atoms with E-state index >= 15 is 52.7 Å². The van der Waals surface area contributed by atoms with Crippen LogP contribution in [0.25, 0.3) is 111 Å². The van der Waals surface area contributed by atoms with Crippen LogP contribution in [0.4, 0.5) is 119 Å². The first kappa shape index (κ1) is 70.7. The van der Waals surface area contributed by atoms with Crippen molar-refractivity contribution in [2.75, 3.05) is 0 Å². The molecule has 0 aliphatic rings. The molecule has 0 saturated carbocycles. The van der Waals surface area contributed by atoms with Gasteiger partial charge in [-0.25, -0.2) is 0 Å². The second-order valence-corrected chi connectivity index (χ2v) is 23.0. The fourth-order valence-corrected chi connectivity index (χ4v) is 12.3. The minimum Gasteiger partial charge on any atom is -0.308 e. The van der Waals surface area contributed by atoms with Crippen LogP contribution in [0.15, 0.2) is 176 Å². The highest BCUT2D eigenvalue weighted by Crippen LogP contribution is 2.51. The second-order valence-electron chi connectivity index (χ2n) is 23.0. The molecule has 4 nitrogen and oxygen atoms in total. The molecule has 0 spiro atoms. The molecule has 0 aliphatic carbocycles. The molecule has 0 atom stereocenters. The van der Waals surface area contributed by atoms with Gasteiger partial charge in [-0.3, -0.25) is 0 Å². The van der Waals surface area contributed by atoms with Gasteiger partial charge in [-0.05, 0) is 159 Å². The smallest absolute Gasteiger partial charge is 0.308 e. The van der Waals surface area contributed by atoms with Gasteiger partial charge >= 0.3 is 55.6 Å². The van der Waals surface area contributed by atoms with E-state index in [1.165, 1.54) is 6.07 Å². The van der Waals surface area contributed by atoms with E-state index < -0.39 is 206 Å². The zero-order valence-corrected chi connectivity index (χ0v) is 49.7. The number of nitrogens with zero attached hydrogens (tertiary/aromatic N) is 4. The van der Waals surface area contributed by atoms with Gasteiger partial charge in [-0.2, -0.15) is 129 Å². The summed E-state index contributed by atoms with van der Waals surface area (Å²) in [5, 5.41) is 21.1. The molecule has 0 saturated heterocycles. The third-order valence-corrected chi connectivity index (χ3v) is 16.8. The molecule has 102 heavy (non-hydrogen) atoms. The molecule has 0 unspecified atom stereocenters. The van der Waals surface area contributed by atoms with Gasteiger partial charge < -0.3 is 9.13 Å². The number of fused-ring (bicyclic) bond motifs is 6. The number of nitriles is 2. The Morgan fingerprint density at radius 1 is 0.225 bits per heavy atom. The van der Waals surface area contributed by atoms with Crippen LogP contribution in [-0.4, -0.2) is 9.13 Å². The topological polar surface area (TPSA) is 57.4 Å². The number of rotatable bonds is 7. The average molecular weight is 1450 g/mol. The van der Waals surface area contributed by atoms with Gasteiger partial charge in [0.15, 0.2) is 0 Å². The highest BCUT2D eigenvalue weighted by Gasteiger charge is 2.44. The van der Waals surface area contributed by atoms with Gasteiger partial charge in [0, 0.05) is 21.5 Å². The summed E-state index contributed by atoms with van der Waals surface area (Å²) in [5.41, 5.74) is -29.9. The van der Waals surface area contributed by atoms with Gasteiger partial charge in [0.25, 0.3) is 0 Å². The summed E-state index contributed by atoms with van der Waals surface area (Å²) < 4.78 is 397. The lowest BCUT2D eigenvalue weighted by Crippen LogP contribution is -2.12. The summed E-state index contributed by atoms with van der Waals surface area (Å²) in [6.07, 6.45) is -49.5. The standard InChI is InChI=1S/C71H29F27N4/c72-63(73,74)39-5-13-44(53(26-39)68(87,88)89)33-1-9-48-49-10-2-34(45-14-6-40(64(75,76)77)27-54(45)69(90,91)92)21-58(49)101(57(48)20-33)61-24-38(37-17-32(30-99)18-43(19-37)67(84,85)86)25-62(52(61)31-100)102-59-22-35(46-15-7-41(65(78,79)80)28-55(46)70(93,94)95)3-11-50(59)51-12-4-36(23-60(51)102)47-16-8-42(66(81,82)83)29-56(47)71(96,97)98/h1-29H. The van der Waals surface area contributed by atoms with Gasteiger partial charge in [0.1, 0.15) is 11.6 Å².